The molecule has 0 radical (unpaired) electrons. The number of pyridine rings is 1. The van der Waals surface area contributed by atoms with E-state index in [1.807, 2.05) is 24.3 Å². The molecule has 0 atom stereocenters. The highest BCUT2D eigenvalue weighted by atomic mass is 16.3. The van der Waals surface area contributed by atoms with Gasteiger partial charge in [0.25, 0.3) is 5.82 Å². The summed E-state index contributed by atoms with van der Waals surface area (Å²) in [6, 6.07) is 35.8. The quantitative estimate of drug-likeness (QED) is 0.180. The highest BCUT2D eigenvalue weighted by Crippen LogP contribution is 2.44. The molecule has 3 heterocycles. The summed E-state index contributed by atoms with van der Waals surface area (Å²) in [7, 11) is 2.12. The fourth-order valence-electron chi connectivity index (χ4n) is 7.37. The maximum Gasteiger partial charge on any atom is 0.299 e. The average Bonchev–Trinajstić information content (AvgIpc) is 3.62. The van der Waals surface area contributed by atoms with Crippen LogP contribution < -0.4 is 4.57 Å². The molecular formula is C43H40N3O+. The maximum atomic E-state index is 8.29. The Morgan fingerprint density at radius 2 is 1.40 bits per heavy atom. The number of hydrogen-bond donors (Lipinski definition) is 0. The molecule has 0 saturated heterocycles. The van der Waals surface area contributed by atoms with Crippen molar-refractivity contribution in [3.05, 3.63) is 126 Å². The summed E-state index contributed by atoms with van der Waals surface area (Å²) in [6.07, 6.45) is 0. The van der Waals surface area contributed by atoms with Crippen molar-refractivity contribution in [3.63, 3.8) is 0 Å². The van der Waals surface area contributed by atoms with Crippen molar-refractivity contribution in [3.8, 4) is 28.2 Å². The first-order valence-corrected chi connectivity index (χ1v) is 16.4. The third kappa shape index (κ3) is 4.42. The molecular weight excluding hydrogens is 574 g/mol. The molecule has 232 valence electrons. The molecule has 0 aliphatic carbocycles. The van der Waals surface area contributed by atoms with Crippen LogP contribution in [-0.4, -0.2) is 9.55 Å². The average molecular weight is 618 g/mol. The van der Waals surface area contributed by atoms with E-state index in [2.05, 4.69) is 130 Å². The van der Waals surface area contributed by atoms with E-state index in [4.69, 9.17) is 13.5 Å². The second-order valence-corrected chi connectivity index (χ2v) is 13.3. The standard InChI is InChI=1S/C43H40N3O/c1-25(2)34-23-30(29-15-9-8-10-16-29)24-35(26(3)4)40(34)46-37-20-14-13-19-36(37)45(7)43(46)38-27(5)21-22-33-39-32-18-12-11-17-31(32)28(6)44-42(39)47-41(33)38/h8-26H,1-7H3/q+1/i6D3. The van der Waals surface area contributed by atoms with E-state index in [1.165, 1.54) is 27.9 Å². The summed E-state index contributed by atoms with van der Waals surface area (Å²) < 4.78 is 36.3. The van der Waals surface area contributed by atoms with Gasteiger partial charge >= 0.3 is 0 Å². The zero-order valence-electron chi connectivity index (χ0n) is 30.7. The lowest BCUT2D eigenvalue weighted by Gasteiger charge is -2.21. The van der Waals surface area contributed by atoms with Crippen molar-refractivity contribution in [1.82, 2.24) is 9.55 Å². The van der Waals surface area contributed by atoms with Crippen molar-refractivity contribution in [2.75, 3.05) is 0 Å². The first kappa shape index (κ1) is 25.9. The smallest absolute Gasteiger partial charge is 0.299 e. The van der Waals surface area contributed by atoms with Gasteiger partial charge in [-0.25, -0.2) is 9.55 Å². The van der Waals surface area contributed by atoms with Crippen molar-refractivity contribution >= 4 is 43.9 Å². The minimum atomic E-state index is -2.39. The Morgan fingerprint density at radius 3 is 2.11 bits per heavy atom. The summed E-state index contributed by atoms with van der Waals surface area (Å²) in [6.45, 7) is 8.81. The molecule has 4 nitrogen and oxygen atoms in total. The second-order valence-electron chi connectivity index (χ2n) is 13.3. The first-order valence-electron chi connectivity index (χ1n) is 17.9. The normalized spacial score (nSPS) is 13.3. The third-order valence-corrected chi connectivity index (χ3v) is 9.69. The van der Waals surface area contributed by atoms with E-state index in [-0.39, 0.29) is 17.5 Å². The molecule has 0 unspecified atom stereocenters. The summed E-state index contributed by atoms with van der Waals surface area (Å²) >= 11 is 0. The summed E-state index contributed by atoms with van der Waals surface area (Å²) in [5.41, 5.74) is 11.4. The van der Waals surface area contributed by atoms with E-state index in [1.54, 1.807) is 0 Å². The van der Waals surface area contributed by atoms with Gasteiger partial charge in [-0.05, 0) is 72.0 Å². The number of imidazole rings is 1. The number of aryl methyl sites for hydroxylation is 3. The van der Waals surface area contributed by atoms with E-state index in [9.17, 15) is 0 Å². The predicted molar refractivity (Wildman–Crippen MR) is 196 cm³/mol. The van der Waals surface area contributed by atoms with Gasteiger partial charge in [0.05, 0.1) is 12.4 Å². The van der Waals surface area contributed by atoms with Gasteiger partial charge in [0.2, 0.25) is 5.71 Å². The predicted octanol–water partition coefficient (Wildman–Crippen LogP) is 11.1. The van der Waals surface area contributed by atoms with Crippen LogP contribution in [0, 0.1) is 13.8 Å². The highest BCUT2D eigenvalue weighted by molar-refractivity contribution is 6.20. The number of para-hydroxylation sites is 2. The molecule has 0 bridgehead atoms. The van der Waals surface area contributed by atoms with Crippen LogP contribution in [0.3, 0.4) is 0 Å². The molecule has 0 fully saturated rings. The molecule has 4 heteroatoms. The number of rotatable bonds is 5. The van der Waals surface area contributed by atoms with E-state index >= 15 is 0 Å². The van der Waals surface area contributed by atoms with Crippen LogP contribution in [0.15, 0.2) is 108 Å². The Kier molecular flexibility index (Phi) is 6.04. The van der Waals surface area contributed by atoms with E-state index in [0.717, 1.165) is 44.1 Å². The molecule has 0 aliphatic heterocycles. The molecule has 8 aromatic rings. The number of hydrogen-bond acceptors (Lipinski definition) is 2. The number of benzene rings is 5. The lowest BCUT2D eigenvalue weighted by molar-refractivity contribution is -0.633. The lowest BCUT2D eigenvalue weighted by atomic mass is 9.88. The van der Waals surface area contributed by atoms with Crippen LogP contribution in [0.1, 0.15) is 66.0 Å². The lowest BCUT2D eigenvalue weighted by Crippen LogP contribution is -2.30. The van der Waals surface area contributed by atoms with E-state index in [0.29, 0.717) is 16.7 Å². The molecule has 3 aromatic heterocycles. The molecule has 8 rings (SSSR count). The Hall–Kier alpha value is -5.22. The Labute approximate surface area is 280 Å². The second kappa shape index (κ2) is 10.9. The highest BCUT2D eigenvalue weighted by Gasteiger charge is 2.34. The molecule has 5 aromatic carbocycles. The molecule has 47 heavy (non-hydrogen) atoms. The summed E-state index contributed by atoms with van der Waals surface area (Å²) in [4.78, 5) is 4.69. The van der Waals surface area contributed by atoms with Crippen molar-refractivity contribution in [1.29, 1.82) is 0 Å². The minimum absolute atomic E-state index is 0.0549. The van der Waals surface area contributed by atoms with Crippen molar-refractivity contribution < 1.29 is 13.1 Å². The van der Waals surface area contributed by atoms with Crippen LogP contribution in [0.4, 0.5) is 0 Å². The fourth-order valence-corrected chi connectivity index (χ4v) is 7.37. The zero-order chi connectivity index (χ0) is 35.1. The first-order chi connectivity index (χ1) is 24.0. The third-order valence-electron chi connectivity index (χ3n) is 9.69. The number of aromatic nitrogens is 3. The molecule has 0 spiro atoms. The van der Waals surface area contributed by atoms with Gasteiger partial charge in [0.1, 0.15) is 11.3 Å². The Balaban J connectivity index is 1.53. The van der Waals surface area contributed by atoms with Gasteiger partial charge in [-0.15, -0.1) is 0 Å². The monoisotopic (exact) mass is 617 g/mol. The molecule has 0 amide bonds. The van der Waals surface area contributed by atoms with E-state index < -0.39 is 6.85 Å². The van der Waals surface area contributed by atoms with Crippen molar-refractivity contribution in [2.45, 2.75) is 53.3 Å². The molecule has 0 saturated carbocycles. The zero-order valence-corrected chi connectivity index (χ0v) is 27.7. The van der Waals surface area contributed by atoms with Gasteiger partial charge in [-0.2, -0.15) is 4.57 Å². The van der Waals surface area contributed by atoms with Crippen LogP contribution in [0.2, 0.25) is 0 Å². The number of furan rings is 1. The maximum absolute atomic E-state index is 8.29. The number of nitrogens with zero attached hydrogens (tertiary/aromatic N) is 3. The van der Waals surface area contributed by atoms with Crippen LogP contribution in [-0.2, 0) is 7.05 Å². The SMILES string of the molecule is [2H]C([2H])([2H])c1nc2oc3c(-c4n(-c5c(C(C)C)cc(-c6ccccc6)cc5C(C)C)c5ccccc5[n+]4C)c(C)ccc3c2c2ccccc12. The van der Waals surface area contributed by atoms with Gasteiger partial charge in [0, 0.05) is 31.7 Å². The number of fused-ring (bicyclic) bond motifs is 6. The largest absolute Gasteiger partial charge is 0.437 e. The molecule has 0 N–H and O–H groups in total. The summed E-state index contributed by atoms with van der Waals surface area (Å²) in [5.74, 6) is 1.47. The van der Waals surface area contributed by atoms with Gasteiger partial charge in [-0.3, -0.25) is 0 Å². The van der Waals surface area contributed by atoms with Crippen LogP contribution >= 0.6 is 0 Å². The van der Waals surface area contributed by atoms with Crippen molar-refractivity contribution in [2.24, 2.45) is 7.05 Å². The molecule has 0 aliphatic rings. The topological polar surface area (TPSA) is 34.8 Å². The van der Waals surface area contributed by atoms with Gasteiger partial charge in [0.15, 0.2) is 16.6 Å². The minimum Gasteiger partial charge on any atom is -0.437 e. The van der Waals surface area contributed by atoms with Gasteiger partial charge < -0.3 is 4.42 Å². The Morgan fingerprint density at radius 1 is 0.745 bits per heavy atom. The fraction of sp³-hybridized carbons (Fsp3) is 0.209. The Bertz CT molecular complexity index is 2580. The van der Waals surface area contributed by atoms with Crippen LogP contribution in [0.25, 0.3) is 72.1 Å². The van der Waals surface area contributed by atoms with Crippen LogP contribution in [0.5, 0.6) is 0 Å². The summed E-state index contributed by atoms with van der Waals surface area (Å²) in [5, 5.41) is 3.17. The van der Waals surface area contributed by atoms with Gasteiger partial charge in [-0.1, -0.05) is 107 Å².